The standard InChI is InChI=1S/C15H23N3O/c1-3-12-6-7-18(9-12)10-15(19)17-14-8-13(16)5-4-11(14)2/h4-5,8,12H,3,6-7,9-10,16H2,1-2H3,(H,17,19). The molecule has 0 spiro atoms. The van der Waals surface area contributed by atoms with Crippen molar-refractivity contribution in [1.82, 2.24) is 4.90 Å². The number of hydrogen-bond acceptors (Lipinski definition) is 3. The minimum atomic E-state index is 0.0467. The number of aryl methyl sites for hydroxylation is 1. The zero-order valence-corrected chi connectivity index (χ0v) is 11.8. The van der Waals surface area contributed by atoms with E-state index < -0.39 is 0 Å². The molecule has 4 nitrogen and oxygen atoms in total. The maximum atomic E-state index is 12.0. The van der Waals surface area contributed by atoms with Gasteiger partial charge in [-0.2, -0.15) is 0 Å². The molecule has 0 saturated carbocycles. The van der Waals surface area contributed by atoms with E-state index in [9.17, 15) is 4.79 Å². The molecule has 1 fully saturated rings. The van der Waals surface area contributed by atoms with Crippen LogP contribution in [0.4, 0.5) is 11.4 Å². The van der Waals surface area contributed by atoms with Crippen molar-refractivity contribution in [3.05, 3.63) is 23.8 Å². The highest BCUT2D eigenvalue weighted by Crippen LogP contribution is 2.20. The summed E-state index contributed by atoms with van der Waals surface area (Å²) in [5.41, 5.74) is 8.27. The molecule has 3 N–H and O–H groups in total. The van der Waals surface area contributed by atoms with Crippen LogP contribution in [0.2, 0.25) is 0 Å². The molecule has 1 aromatic carbocycles. The van der Waals surface area contributed by atoms with Crippen LogP contribution in [0.25, 0.3) is 0 Å². The summed E-state index contributed by atoms with van der Waals surface area (Å²) in [6.45, 7) is 6.73. The van der Waals surface area contributed by atoms with Crippen LogP contribution in [-0.4, -0.2) is 30.4 Å². The third-order valence-corrected chi connectivity index (χ3v) is 3.85. The maximum absolute atomic E-state index is 12.0. The number of nitrogen functional groups attached to an aromatic ring is 1. The first-order chi connectivity index (χ1) is 9.08. The summed E-state index contributed by atoms with van der Waals surface area (Å²) in [7, 11) is 0. The summed E-state index contributed by atoms with van der Waals surface area (Å²) < 4.78 is 0. The van der Waals surface area contributed by atoms with Gasteiger partial charge in [0.2, 0.25) is 5.91 Å². The number of rotatable bonds is 4. The molecule has 0 bridgehead atoms. The number of hydrogen-bond donors (Lipinski definition) is 2. The van der Waals surface area contributed by atoms with E-state index in [0.717, 1.165) is 30.3 Å². The first kappa shape index (κ1) is 13.9. The van der Waals surface area contributed by atoms with Crippen molar-refractivity contribution in [3.8, 4) is 0 Å². The van der Waals surface area contributed by atoms with Gasteiger partial charge in [0.05, 0.1) is 6.54 Å². The lowest BCUT2D eigenvalue weighted by Crippen LogP contribution is -2.31. The smallest absolute Gasteiger partial charge is 0.238 e. The van der Waals surface area contributed by atoms with E-state index in [-0.39, 0.29) is 5.91 Å². The van der Waals surface area contributed by atoms with Crippen LogP contribution in [0.3, 0.4) is 0 Å². The van der Waals surface area contributed by atoms with Gasteiger partial charge >= 0.3 is 0 Å². The van der Waals surface area contributed by atoms with Gasteiger partial charge in [0.25, 0.3) is 0 Å². The van der Waals surface area contributed by atoms with Gasteiger partial charge in [-0.05, 0) is 43.5 Å². The molecule has 1 aliphatic heterocycles. The minimum Gasteiger partial charge on any atom is -0.399 e. The van der Waals surface area contributed by atoms with Crippen LogP contribution >= 0.6 is 0 Å². The van der Waals surface area contributed by atoms with E-state index in [1.165, 1.54) is 12.8 Å². The normalized spacial score (nSPS) is 19.6. The fraction of sp³-hybridized carbons (Fsp3) is 0.533. The molecule has 1 atom stereocenters. The Bertz CT molecular complexity index is 459. The molecule has 2 rings (SSSR count). The molecule has 1 aromatic rings. The predicted molar refractivity (Wildman–Crippen MR) is 79.1 cm³/mol. The molecule has 4 heteroatoms. The monoisotopic (exact) mass is 261 g/mol. The quantitative estimate of drug-likeness (QED) is 0.817. The number of carbonyl (C=O) groups is 1. The van der Waals surface area contributed by atoms with Crippen LogP contribution in [0, 0.1) is 12.8 Å². The molecule has 19 heavy (non-hydrogen) atoms. The van der Waals surface area contributed by atoms with E-state index in [2.05, 4.69) is 17.1 Å². The second-order valence-corrected chi connectivity index (χ2v) is 5.42. The number of amides is 1. The maximum Gasteiger partial charge on any atom is 0.238 e. The van der Waals surface area contributed by atoms with Gasteiger partial charge in [0, 0.05) is 17.9 Å². The van der Waals surface area contributed by atoms with Crippen LogP contribution in [0.15, 0.2) is 18.2 Å². The predicted octanol–water partition coefficient (Wildman–Crippen LogP) is 2.25. The van der Waals surface area contributed by atoms with E-state index in [1.807, 2.05) is 25.1 Å². The molecule has 1 amide bonds. The Kier molecular flexibility index (Phi) is 4.43. The minimum absolute atomic E-state index is 0.0467. The number of nitrogens with zero attached hydrogens (tertiary/aromatic N) is 1. The third kappa shape index (κ3) is 3.70. The first-order valence-corrected chi connectivity index (χ1v) is 6.96. The first-order valence-electron chi connectivity index (χ1n) is 6.96. The summed E-state index contributed by atoms with van der Waals surface area (Å²) in [4.78, 5) is 14.3. The van der Waals surface area contributed by atoms with Crippen molar-refractivity contribution in [2.45, 2.75) is 26.7 Å². The van der Waals surface area contributed by atoms with Crippen molar-refractivity contribution in [3.63, 3.8) is 0 Å². The largest absolute Gasteiger partial charge is 0.399 e. The highest BCUT2D eigenvalue weighted by atomic mass is 16.2. The summed E-state index contributed by atoms with van der Waals surface area (Å²) in [6.07, 6.45) is 2.41. The molecule has 104 valence electrons. The molecule has 1 unspecified atom stereocenters. The zero-order chi connectivity index (χ0) is 13.8. The Morgan fingerprint density at radius 2 is 2.32 bits per heavy atom. The average molecular weight is 261 g/mol. The average Bonchev–Trinajstić information content (AvgIpc) is 2.81. The summed E-state index contributed by atoms with van der Waals surface area (Å²) >= 11 is 0. The summed E-state index contributed by atoms with van der Waals surface area (Å²) in [6, 6.07) is 5.58. The third-order valence-electron chi connectivity index (χ3n) is 3.85. The second-order valence-electron chi connectivity index (χ2n) is 5.42. The number of nitrogens with two attached hydrogens (primary N) is 1. The number of likely N-dealkylation sites (tertiary alicyclic amines) is 1. The Balaban J connectivity index is 1.89. The van der Waals surface area contributed by atoms with Gasteiger partial charge in [-0.3, -0.25) is 9.69 Å². The van der Waals surface area contributed by atoms with Crippen LogP contribution in [-0.2, 0) is 4.79 Å². The van der Waals surface area contributed by atoms with Gasteiger partial charge in [0.1, 0.15) is 0 Å². The summed E-state index contributed by atoms with van der Waals surface area (Å²) in [5.74, 6) is 0.798. The van der Waals surface area contributed by atoms with E-state index in [4.69, 9.17) is 5.73 Å². The highest BCUT2D eigenvalue weighted by Gasteiger charge is 2.22. The number of nitrogens with one attached hydrogen (secondary N) is 1. The fourth-order valence-corrected chi connectivity index (χ4v) is 2.56. The lowest BCUT2D eigenvalue weighted by atomic mass is 10.1. The number of anilines is 2. The van der Waals surface area contributed by atoms with Gasteiger partial charge < -0.3 is 11.1 Å². The van der Waals surface area contributed by atoms with Crippen LogP contribution < -0.4 is 11.1 Å². The molecule has 1 heterocycles. The van der Waals surface area contributed by atoms with Crippen molar-refractivity contribution < 1.29 is 4.79 Å². The van der Waals surface area contributed by atoms with Crippen molar-refractivity contribution in [2.75, 3.05) is 30.7 Å². The van der Waals surface area contributed by atoms with Crippen LogP contribution in [0.5, 0.6) is 0 Å². The van der Waals surface area contributed by atoms with Crippen molar-refractivity contribution >= 4 is 17.3 Å². The zero-order valence-electron chi connectivity index (χ0n) is 11.8. The Labute approximate surface area is 115 Å². The molecular weight excluding hydrogens is 238 g/mol. The number of carbonyl (C=O) groups excluding carboxylic acids is 1. The van der Waals surface area contributed by atoms with Gasteiger partial charge in [-0.1, -0.05) is 19.4 Å². The van der Waals surface area contributed by atoms with Gasteiger partial charge in [-0.15, -0.1) is 0 Å². The second kappa shape index (κ2) is 6.06. The molecule has 0 radical (unpaired) electrons. The molecule has 1 aliphatic rings. The number of benzene rings is 1. The molecule has 1 saturated heterocycles. The Morgan fingerprint density at radius 3 is 3.00 bits per heavy atom. The molecular formula is C15H23N3O. The highest BCUT2D eigenvalue weighted by molar-refractivity contribution is 5.93. The van der Waals surface area contributed by atoms with Crippen molar-refractivity contribution in [2.24, 2.45) is 5.92 Å². The van der Waals surface area contributed by atoms with E-state index in [1.54, 1.807) is 0 Å². The van der Waals surface area contributed by atoms with Crippen LogP contribution in [0.1, 0.15) is 25.3 Å². The van der Waals surface area contributed by atoms with E-state index in [0.29, 0.717) is 12.2 Å². The summed E-state index contributed by atoms with van der Waals surface area (Å²) in [5, 5.41) is 2.95. The lowest BCUT2D eigenvalue weighted by molar-refractivity contribution is -0.117. The van der Waals surface area contributed by atoms with Crippen molar-refractivity contribution in [1.29, 1.82) is 0 Å². The SMILES string of the molecule is CCC1CCN(CC(=O)Nc2cc(N)ccc2C)C1. The Morgan fingerprint density at radius 1 is 1.53 bits per heavy atom. The topological polar surface area (TPSA) is 58.4 Å². The molecule has 0 aromatic heterocycles. The van der Waals surface area contributed by atoms with E-state index >= 15 is 0 Å². The van der Waals surface area contributed by atoms with Gasteiger partial charge in [0.15, 0.2) is 0 Å². The van der Waals surface area contributed by atoms with Gasteiger partial charge in [-0.25, -0.2) is 0 Å². The molecule has 0 aliphatic carbocycles. The fourth-order valence-electron chi connectivity index (χ4n) is 2.56. The lowest BCUT2D eigenvalue weighted by Gasteiger charge is -2.16. The Hall–Kier alpha value is -1.55.